The molecule has 0 saturated carbocycles. The number of aliphatic hydroxyl groups excluding tert-OH is 2. The molecular formula is C52H91N11O17S. The minimum atomic E-state index is -5.11. The van der Waals surface area contributed by atoms with E-state index >= 15 is 0 Å². The summed E-state index contributed by atoms with van der Waals surface area (Å²) in [6.07, 6.45) is 10.3. The Morgan fingerprint density at radius 1 is 0.753 bits per heavy atom. The number of aliphatic hydroxyl groups is 2. The number of nitrogens with zero attached hydrogens (tertiary/aromatic N) is 1. The van der Waals surface area contributed by atoms with Crippen LogP contribution in [0.2, 0.25) is 0 Å². The average molecular weight is 1170 g/mol. The number of allylic oxidation sites excluding steroid dienone is 1. The molecule has 15 N–H and O–H groups in total. The lowest BCUT2D eigenvalue weighted by molar-refractivity contribution is -0.156. The van der Waals surface area contributed by atoms with E-state index in [4.69, 9.17) is 16.2 Å². The fraction of sp³-hybridized carbons (Fsp3) is 0.750. The second-order valence-electron chi connectivity index (χ2n) is 20.7. The van der Waals surface area contributed by atoms with Crippen LogP contribution in [0.25, 0.3) is 0 Å². The smallest absolute Gasteiger partial charge is 0.325 e. The Hall–Kier alpha value is -6.14. The quantitative estimate of drug-likeness (QED) is 0.0129. The molecule has 1 fully saturated rings. The van der Waals surface area contributed by atoms with Crippen LogP contribution in [0.3, 0.4) is 0 Å². The highest BCUT2D eigenvalue weighted by Gasteiger charge is 2.38. The molecule has 0 aliphatic carbocycles. The van der Waals surface area contributed by atoms with Crippen LogP contribution in [-0.4, -0.2) is 187 Å². The number of unbranched alkanes of at least 4 members (excludes halogenated alkanes) is 8. The van der Waals surface area contributed by atoms with Crippen molar-refractivity contribution in [3.05, 3.63) is 11.8 Å². The maximum Gasteiger partial charge on any atom is 0.325 e. The molecule has 462 valence electrons. The van der Waals surface area contributed by atoms with E-state index in [0.29, 0.717) is 25.2 Å². The molecule has 0 aromatic heterocycles. The van der Waals surface area contributed by atoms with Crippen molar-refractivity contribution in [2.75, 3.05) is 45.6 Å². The zero-order chi connectivity index (χ0) is 61.4. The lowest BCUT2D eigenvalue weighted by Gasteiger charge is -2.29. The van der Waals surface area contributed by atoms with E-state index in [2.05, 4.69) is 56.4 Å². The first-order valence-corrected chi connectivity index (χ1v) is 29.4. The van der Waals surface area contributed by atoms with Gasteiger partial charge in [0.15, 0.2) is 0 Å². The fourth-order valence-corrected chi connectivity index (χ4v) is 9.14. The summed E-state index contributed by atoms with van der Waals surface area (Å²) in [6.45, 7) is 6.34. The number of hydrogen-bond acceptors (Lipinski definition) is 18. The first kappa shape index (κ1) is 72.9. The summed E-state index contributed by atoms with van der Waals surface area (Å²) in [7, 11) is -3.97. The van der Waals surface area contributed by atoms with Crippen molar-refractivity contribution in [3.63, 3.8) is 0 Å². The summed E-state index contributed by atoms with van der Waals surface area (Å²) in [5.74, 6) is -13.6. The number of likely N-dealkylation sites (N-methyl/N-ethyl adjacent to an activating group) is 1. The summed E-state index contributed by atoms with van der Waals surface area (Å²) >= 11 is 0. The van der Waals surface area contributed by atoms with Crippen LogP contribution in [0.1, 0.15) is 144 Å². The number of Topliss-reactive ketones (excluding diaryl/α,β-unsaturated/α-hetero) is 1. The molecule has 0 spiro atoms. The number of rotatable bonds is 28. The average Bonchev–Trinajstić information content (AvgIpc) is 3.43. The van der Waals surface area contributed by atoms with Gasteiger partial charge in [-0.3, -0.25) is 57.3 Å². The van der Waals surface area contributed by atoms with Crippen molar-refractivity contribution in [1.29, 1.82) is 0 Å². The van der Waals surface area contributed by atoms with Gasteiger partial charge in [-0.05, 0) is 57.9 Å². The van der Waals surface area contributed by atoms with Gasteiger partial charge < -0.3 is 73.9 Å². The summed E-state index contributed by atoms with van der Waals surface area (Å²) in [5, 5.41) is 38.5. The van der Waals surface area contributed by atoms with Crippen molar-refractivity contribution < 1.29 is 80.7 Å². The largest absolute Gasteiger partial charge is 0.459 e. The normalized spacial score (nSPS) is 23.1. The highest BCUT2D eigenvalue weighted by molar-refractivity contribution is 7.85. The molecule has 29 heteroatoms. The SMILES string of the molecule is CC=C1NC(=O)C(CN)NC(=O)C(CO)NC(=O)C(NC(=O)C(CS(=O)(=O)O)NC(=O)CC(=O)CCCCCCCCC(C)CCCCC)C(C)OC(=O)CN(C)C(=O)C(CCCCN)NC(=O)C(CO)NC(=O)C(C(C)C)NC1=O. The van der Waals surface area contributed by atoms with E-state index in [9.17, 15) is 75.9 Å². The zero-order valence-electron chi connectivity index (χ0n) is 48.0. The van der Waals surface area contributed by atoms with Gasteiger partial charge in [-0.15, -0.1) is 0 Å². The van der Waals surface area contributed by atoms with Gasteiger partial charge in [-0.25, -0.2) is 0 Å². The van der Waals surface area contributed by atoms with Crippen molar-refractivity contribution in [2.24, 2.45) is 23.3 Å². The second kappa shape index (κ2) is 38.5. The summed E-state index contributed by atoms with van der Waals surface area (Å²) in [6, 6.07) is -12.6. The molecule has 1 saturated heterocycles. The molecule has 9 atom stereocenters. The number of ether oxygens (including phenoxy) is 1. The lowest BCUT2D eigenvalue weighted by Crippen LogP contribution is -2.63. The number of esters is 1. The standard InChI is InChI=1S/C52H91N11O17S/c1-8-10-15-20-32(5)21-16-13-11-12-14-17-22-34(66)25-41(67)55-40(30-81(77,78)79)49(73)62-44-33(6)80-42(68)27-63(7)52(76)36(23-18-19-24-53)57-47(71)38(28-64)59-50(74)43(31(3)4)61-45(69)35(9-2)56-46(70)37(26-54)58-48(72)39(29-65)60-51(44)75/h9,31-33,36-40,43-44,64-65H,8,10-30,53-54H2,1-7H3,(H,55,67)(H,56,70)(H,57,71)(H,58,72)(H,59,74)(H,60,75)(H,61,69)(H,62,73)(H,77,78,79). The Balaban J connectivity index is 3.61. The Bertz CT molecular complexity index is 2250. The Labute approximate surface area is 475 Å². The number of cyclic esters (lactones) is 1. The number of amides is 9. The number of hydrogen-bond donors (Lipinski definition) is 13. The van der Waals surface area contributed by atoms with Gasteiger partial charge in [0, 0.05) is 20.0 Å². The van der Waals surface area contributed by atoms with Crippen molar-refractivity contribution in [1.82, 2.24) is 47.4 Å². The molecule has 1 aliphatic heterocycles. The summed E-state index contributed by atoms with van der Waals surface area (Å²) in [5.41, 5.74) is 11.0. The molecule has 1 heterocycles. The monoisotopic (exact) mass is 1170 g/mol. The van der Waals surface area contributed by atoms with Gasteiger partial charge in [0.2, 0.25) is 47.3 Å². The molecule has 0 aromatic rings. The molecule has 9 unspecified atom stereocenters. The zero-order valence-corrected chi connectivity index (χ0v) is 48.8. The van der Waals surface area contributed by atoms with Crippen LogP contribution in [0.5, 0.6) is 0 Å². The topological polar surface area (TPSA) is 443 Å². The van der Waals surface area contributed by atoms with Crippen LogP contribution in [-0.2, 0) is 67.6 Å². The van der Waals surface area contributed by atoms with Crippen LogP contribution in [0.4, 0.5) is 0 Å². The minimum absolute atomic E-state index is 0.000533. The van der Waals surface area contributed by atoms with Crippen molar-refractivity contribution in [2.45, 2.75) is 193 Å². The van der Waals surface area contributed by atoms with E-state index in [1.807, 2.05) is 0 Å². The van der Waals surface area contributed by atoms with Gasteiger partial charge in [0.1, 0.15) is 72.2 Å². The third-order valence-corrected chi connectivity index (χ3v) is 14.0. The molecule has 0 aromatic carbocycles. The van der Waals surface area contributed by atoms with Gasteiger partial charge in [0.25, 0.3) is 16.0 Å². The summed E-state index contributed by atoms with van der Waals surface area (Å²) in [4.78, 5) is 150. The third-order valence-electron chi connectivity index (χ3n) is 13.3. The highest BCUT2D eigenvalue weighted by Crippen LogP contribution is 2.18. The fourth-order valence-electron chi connectivity index (χ4n) is 8.49. The molecule has 0 radical (unpaired) electrons. The molecule has 9 amide bonds. The molecule has 1 rings (SSSR count). The first-order chi connectivity index (χ1) is 38.2. The maximum atomic E-state index is 14.1. The highest BCUT2D eigenvalue weighted by atomic mass is 32.2. The van der Waals surface area contributed by atoms with E-state index in [1.165, 1.54) is 46.5 Å². The molecule has 81 heavy (non-hydrogen) atoms. The third kappa shape index (κ3) is 28.4. The lowest BCUT2D eigenvalue weighted by atomic mass is 9.96. The van der Waals surface area contributed by atoms with E-state index in [-0.39, 0.29) is 25.8 Å². The van der Waals surface area contributed by atoms with Gasteiger partial charge in [-0.2, -0.15) is 8.42 Å². The van der Waals surface area contributed by atoms with Gasteiger partial charge in [-0.1, -0.05) is 98.0 Å². The number of nitrogens with two attached hydrogens (primary N) is 2. The predicted molar refractivity (Wildman–Crippen MR) is 296 cm³/mol. The first-order valence-electron chi connectivity index (χ1n) is 27.8. The van der Waals surface area contributed by atoms with E-state index < -0.39 is 174 Å². The van der Waals surface area contributed by atoms with E-state index in [0.717, 1.165) is 57.1 Å². The van der Waals surface area contributed by atoms with Crippen LogP contribution >= 0.6 is 0 Å². The second-order valence-corrected chi connectivity index (χ2v) is 22.2. The van der Waals surface area contributed by atoms with Crippen LogP contribution in [0.15, 0.2) is 11.8 Å². The number of nitrogens with one attached hydrogen (secondary N) is 8. The van der Waals surface area contributed by atoms with Gasteiger partial charge >= 0.3 is 5.97 Å². The summed E-state index contributed by atoms with van der Waals surface area (Å²) < 4.78 is 39.7. The van der Waals surface area contributed by atoms with Crippen molar-refractivity contribution >= 4 is 75.0 Å². The Morgan fingerprint density at radius 2 is 1.31 bits per heavy atom. The maximum absolute atomic E-state index is 14.1. The minimum Gasteiger partial charge on any atom is -0.459 e. The molecule has 1 aliphatic rings. The van der Waals surface area contributed by atoms with E-state index in [1.54, 1.807) is 0 Å². The van der Waals surface area contributed by atoms with Crippen LogP contribution in [0, 0.1) is 11.8 Å². The van der Waals surface area contributed by atoms with Crippen LogP contribution < -0.4 is 54.0 Å². The number of carbonyl (C=O) groups is 11. The number of ketones is 1. The Kier molecular flexibility index (Phi) is 34.7. The van der Waals surface area contributed by atoms with Gasteiger partial charge in [0.05, 0.1) is 19.6 Å². The Morgan fingerprint density at radius 3 is 1.85 bits per heavy atom. The van der Waals surface area contributed by atoms with Crippen molar-refractivity contribution in [3.8, 4) is 0 Å². The number of carbonyl (C=O) groups excluding carboxylic acids is 11. The predicted octanol–water partition coefficient (Wildman–Crippen LogP) is -2.28. The molecule has 28 nitrogen and oxygen atoms in total. The molecule has 0 bridgehead atoms. The molecular weight excluding hydrogens is 1080 g/mol.